The molecule has 0 aliphatic heterocycles. The summed E-state index contributed by atoms with van der Waals surface area (Å²) in [5, 5.41) is 18.0. The topological polar surface area (TPSA) is 101 Å². The molecule has 1 aromatic carbocycles. The minimum atomic E-state index is -1.24. The molecule has 0 spiro atoms. The van der Waals surface area contributed by atoms with Gasteiger partial charge in [-0.25, -0.2) is 9.59 Å². The van der Waals surface area contributed by atoms with E-state index in [1.165, 1.54) is 6.07 Å². The van der Waals surface area contributed by atoms with Gasteiger partial charge in [-0.2, -0.15) is 0 Å². The average Bonchev–Trinajstić information content (AvgIpc) is 2.59. The molecule has 0 fully saturated rings. The monoisotopic (exact) mass is 257 g/mol. The molecule has 5 nitrogen and oxygen atoms in total. The van der Waals surface area contributed by atoms with Crippen LogP contribution in [0.15, 0.2) is 12.1 Å². The first-order chi connectivity index (χ1) is 7.52. The van der Waals surface area contributed by atoms with Crippen molar-refractivity contribution in [1.29, 1.82) is 0 Å². The summed E-state index contributed by atoms with van der Waals surface area (Å²) in [6.07, 6.45) is 1.37. The Morgan fingerprint density at radius 1 is 1.24 bits per heavy atom. The van der Waals surface area contributed by atoms with Crippen molar-refractivity contribution >= 4 is 24.3 Å². The van der Waals surface area contributed by atoms with E-state index in [4.69, 9.17) is 15.9 Å². The zero-order chi connectivity index (χ0) is 11.9. The van der Waals surface area contributed by atoms with E-state index in [1.54, 1.807) is 6.07 Å². The van der Waals surface area contributed by atoms with Gasteiger partial charge in [0.15, 0.2) is 0 Å². The van der Waals surface area contributed by atoms with Crippen LogP contribution in [0, 0.1) is 0 Å². The maximum Gasteiger partial charge on any atom is 0.336 e. The molecule has 1 aromatic rings. The molecule has 0 heterocycles. The maximum atomic E-state index is 11.1. The second-order valence-corrected chi connectivity index (χ2v) is 3.82. The molecule has 0 amide bonds. The molecule has 2 rings (SSSR count). The van der Waals surface area contributed by atoms with Gasteiger partial charge in [0.05, 0.1) is 11.1 Å². The third-order valence-corrected chi connectivity index (χ3v) is 2.88. The molecule has 0 bridgehead atoms. The van der Waals surface area contributed by atoms with Crippen molar-refractivity contribution in [2.75, 3.05) is 0 Å². The standard InChI is InChI=1S/C11H11NO4.ClH/c12-7-4-2-5-1-3-6(10(13)14)9(8(5)7)11(15)16;/h1,3,7H,2,4,12H2,(H,13,14)(H,15,16);1H. The summed E-state index contributed by atoms with van der Waals surface area (Å²) in [5.41, 5.74) is 6.77. The van der Waals surface area contributed by atoms with E-state index in [2.05, 4.69) is 0 Å². The van der Waals surface area contributed by atoms with Gasteiger partial charge in [-0.15, -0.1) is 12.4 Å². The highest BCUT2D eigenvalue weighted by Gasteiger charge is 2.29. The van der Waals surface area contributed by atoms with Crippen molar-refractivity contribution in [1.82, 2.24) is 0 Å². The van der Waals surface area contributed by atoms with E-state index in [0.29, 0.717) is 18.4 Å². The number of fused-ring (bicyclic) bond motifs is 1. The number of carbonyl (C=O) groups is 2. The van der Waals surface area contributed by atoms with Crippen LogP contribution < -0.4 is 5.73 Å². The molecule has 4 N–H and O–H groups in total. The third kappa shape index (κ3) is 2.11. The van der Waals surface area contributed by atoms with Crippen LogP contribution >= 0.6 is 12.4 Å². The molecule has 0 saturated heterocycles. The highest BCUT2D eigenvalue weighted by Crippen LogP contribution is 2.33. The highest BCUT2D eigenvalue weighted by molar-refractivity contribution is 6.03. The normalized spacial score (nSPS) is 17.1. The fraction of sp³-hybridized carbons (Fsp3) is 0.273. The predicted octanol–water partition coefficient (Wildman–Crippen LogP) is 1.45. The Labute approximate surface area is 104 Å². The van der Waals surface area contributed by atoms with Crippen LogP contribution in [0.3, 0.4) is 0 Å². The van der Waals surface area contributed by atoms with Crippen LogP contribution in [0.2, 0.25) is 0 Å². The lowest BCUT2D eigenvalue weighted by atomic mass is 9.96. The molecule has 0 aromatic heterocycles. The summed E-state index contributed by atoms with van der Waals surface area (Å²) in [5.74, 6) is -2.47. The van der Waals surface area contributed by atoms with E-state index >= 15 is 0 Å². The van der Waals surface area contributed by atoms with Gasteiger partial charge in [0.25, 0.3) is 0 Å². The predicted molar refractivity (Wildman–Crippen MR) is 62.9 cm³/mol. The Hall–Kier alpha value is -1.59. The van der Waals surface area contributed by atoms with Crippen LogP contribution in [0.25, 0.3) is 0 Å². The average molecular weight is 258 g/mol. The maximum absolute atomic E-state index is 11.1. The number of halogens is 1. The van der Waals surface area contributed by atoms with Crippen molar-refractivity contribution in [3.63, 3.8) is 0 Å². The molecule has 1 unspecified atom stereocenters. The first-order valence-corrected chi connectivity index (χ1v) is 4.90. The van der Waals surface area contributed by atoms with E-state index < -0.39 is 11.9 Å². The summed E-state index contributed by atoms with van der Waals surface area (Å²) in [7, 11) is 0. The van der Waals surface area contributed by atoms with Gasteiger partial charge < -0.3 is 15.9 Å². The minimum absolute atomic E-state index is 0. The van der Waals surface area contributed by atoms with Crippen LogP contribution in [-0.2, 0) is 6.42 Å². The van der Waals surface area contributed by atoms with Crippen LogP contribution in [-0.4, -0.2) is 22.2 Å². The molecule has 0 radical (unpaired) electrons. The molecule has 1 aliphatic carbocycles. The van der Waals surface area contributed by atoms with E-state index in [-0.39, 0.29) is 29.6 Å². The number of aromatic carboxylic acids is 2. The number of carboxylic acid groups (broad SMARTS) is 2. The van der Waals surface area contributed by atoms with Gasteiger partial charge in [-0.3, -0.25) is 0 Å². The smallest absolute Gasteiger partial charge is 0.336 e. The number of hydrogen-bond acceptors (Lipinski definition) is 3. The van der Waals surface area contributed by atoms with Crippen LogP contribution in [0.5, 0.6) is 0 Å². The number of nitrogens with two attached hydrogens (primary N) is 1. The zero-order valence-corrected chi connectivity index (χ0v) is 9.66. The van der Waals surface area contributed by atoms with Crippen LogP contribution in [0.1, 0.15) is 44.3 Å². The van der Waals surface area contributed by atoms with E-state index in [1.807, 2.05) is 0 Å². The van der Waals surface area contributed by atoms with Gasteiger partial charge in [-0.05, 0) is 30.0 Å². The number of benzene rings is 1. The lowest BCUT2D eigenvalue weighted by molar-refractivity contribution is 0.0650. The lowest BCUT2D eigenvalue weighted by Crippen LogP contribution is -2.16. The van der Waals surface area contributed by atoms with E-state index in [0.717, 1.165) is 5.56 Å². The highest BCUT2D eigenvalue weighted by atomic mass is 35.5. The van der Waals surface area contributed by atoms with Crippen molar-refractivity contribution in [2.24, 2.45) is 5.73 Å². The molecular formula is C11H12ClNO4. The fourth-order valence-corrected chi connectivity index (χ4v) is 2.17. The summed E-state index contributed by atoms with van der Waals surface area (Å²) < 4.78 is 0. The van der Waals surface area contributed by atoms with Gasteiger partial charge in [0.1, 0.15) is 0 Å². The molecular weight excluding hydrogens is 246 g/mol. The van der Waals surface area contributed by atoms with E-state index in [9.17, 15) is 9.59 Å². The third-order valence-electron chi connectivity index (χ3n) is 2.88. The summed E-state index contributed by atoms with van der Waals surface area (Å²) in [6, 6.07) is 2.61. The quantitative estimate of drug-likeness (QED) is 0.744. The Morgan fingerprint density at radius 2 is 1.88 bits per heavy atom. The first-order valence-electron chi connectivity index (χ1n) is 4.90. The SMILES string of the molecule is Cl.NC1CCc2ccc(C(=O)O)c(C(=O)O)c21. The Morgan fingerprint density at radius 3 is 2.41 bits per heavy atom. The van der Waals surface area contributed by atoms with Crippen molar-refractivity contribution < 1.29 is 19.8 Å². The number of rotatable bonds is 2. The Balaban J connectivity index is 0.00000144. The van der Waals surface area contributed by atoms with Gasteiger partial charge in [0, 0.05) is 6.04 Å². The molecule has 17 heavy (non-hydrogen) atoms. The van der Waals surface area contributed by atoms with Crippen molar-refractivity contribution in [3.8, 4) is 0 Å². The molecule has 1 atom stereocenters. The van der Waals surface area contributed by atoms with Crippen molar-refractivity contribution in [2.45, 2.75) is 18.9 Å². The number of aryl methyl sites for hydroxylation is 1. The molecule has 0 saturated carbocycles. The number of hydrogen-bond donors (Lipinski definition) is 3. The van der Waals surface area contributed by atoms with Crippen molar-refractivity contribution in [3.05, 3.63) is 34.4 Å². The first kappa shape index (κ1) is 13.5. The minimum Gasteiger partial charge on any atom is -0.478 e. The number of carboxylic acids is 2. The Kier molecular flexibility index (Phi) is 3.75. The van der Waals surface area contributed by atoms with Gasteiger partial charge >= 0.3 is 11.9 Å². The lowest BCUT2D eigenvalue weighted by Gasteiger charge is -2.11. The second kappa shape index (κ2) is 4.73. The largest absolute Gasteiger partial charge is 0.478 e. The second-order valence-electron chi connectivity index (χ2n) is 3.82. The van der Waals surface area contributed by atoms with Gasteiger partial charge in [0.2, 0.25) is 0 Å². The molecule has 92 valence electrons. The summed E-state index contributed by atoms with van der Waals surface area (Å²) >= 11 is 0. The van der Waals surface area contributed by atoms with Crippen LogP contribution in [0.4, 0.5) is 0 Å². The molecule has 6 heteroatoms. The molecule has 1 aliphatic rings. The summed E-state index contributed by atoms with van der Waals surface area (Å²) in [4.78, 5) is 22.0. The summed E-state index contributed by atoms with van der Waals surface area (Å²) in [6.45, 7) is 0. The Bertz CT molecular complexity index is 487. The zero-order valence-electron chi connectivity index (χ0n) is 8.84. The van der Waals surface area contributed by atoms with Gasteiger partial charge in [-0.1, -0.05) is 6.07 Å². The fourth-order valence-electron chi connectivity index (χ4n) is 2.17.